The normalized spacial score (nSPS) is 27.3. The first-order valence-electron chi connectivity index (χ1n) is 7.68. The second-order valence-corrected chi connectivity index (χ2v) is 6.27. The average Bonchev–Trinajstić information content (AvgIpc) is 3.34. The minimum absolute atomic E-state index is 0.586. The van der Waals surface area contributed by atoms with E-state index in [0.29, 0.717) is 12.0 Å². The van der Waals surface area contributed by atoms with Crippen molar-refractivity contribution < 1.29 is 4.52 Å². The molecule has 104 valence electrons. The second-order valence-electron chi connectivity index (χ2n) is 6.27. The maximum atomic E-state index is 5.42. The van der Waals surface area contributed by atoms with Crippen LogP contribution in [0.2, 0.25) is 0 Å². The van der Waals surface area contributed by atoms with Crippen LogP contribution in [0.1, 0.15) is 56.2 Å². The summed E-state index contributed by atoms with van der Waals surface area (Å²) in [5.74, 6) is 2.33. The lowest BCUT2D eigenvalue weighted by Crippen LogP contribution is -2.38. The summed E-state index contributed by atoms with van der Waals surface area (Å²) in [4.78, 5) is 7.09. The van der Waals surface area contributed by atoms with Crippen molar-refractivity contribution in [3.8, 4) is 0 Å². The molecule has 0 radical (unpaired) electrons. The summed E-state index contributed by atoms with van der Waals surface area (Å²) < 4.78 is 5.42. The Morgan fingerprint density at radius 3 is 2.79 bits per heavy atom. The van der Waals surface area contributed by atoms with Crippen molar-refractivity contribution in [1.82, 2.24) is 20.4 Å². The summed E-state index contributed by atoms with van der Waals surface area (Å²) in [5.41, 5.74) is 0. The van der Waals surface area contributed by atoms with Gasteiger partial charge in [-0.15, -0.1) is 0 Å². The monoisotopic (exact) mass is 262 g/mol. The van der Waals surface area contributed by atoms with E-state index in [1.807, 2.05) is 0 Å². The van der Waals surface area contributed by atoms with Gasteiger partial charge in [-0.25, -0.2) is 0 Å². The number of rotatable bonds is 6. The fourth-order valence-corrected chi connectivity index (χ4v) is 2.99. The summed E-state index contributed by atoms with van der Waals surface area (Å²) in [7, 11) is 0. The van der Waals surface area contributed by atoms with Gasteiger partial charge in [-0.3, -0.25) is 4.90 Å². The van der Waals surface area contributed by atoms with Crippen LogP contribution in [0.25, 0.3) is 0 Å². The first-order valence-corrected chi connectivity index (χ1v) is 7.68. The molecule has 1 unspecified atom stereocenters. The fourth-order valence-electron chi connectivity index (χ4n) is 2.99. The maximum Gasteiger partial charge on any atom is 0.240 e. The van der Waals surface area contributed by atoms with Crippen LogP contribution in [0.4, 0.5) is 0 Å². The lowest BCUT2D eigenvalue weighted by molar-refractivity contribution is 0.200. The molecule has 19 heavy (non-hydrogen) atoms. The van der Waals surface area contributed by atoms with Crippen molar-refractivity contribution in [3.63, 3.8) is 0 Å². The lowest BCUT2D eigenvalue weighted by atomic mass is 10.2. The van der Waals surface area contributed by atoms with Crippen LogP contribution in [-0.4, -0.2) is 40.2 Å². The van der Waals surface area contributed by atoms with Crippen LogP contribution in [0.5, 0.6) is 0 Å². The molecule has 4 rings (SSSR count). The van der Waals surface area contributed by atoms with E-state index >= 15 is 0 Å². The number of nitrogens with one attached hydrogen (secondary N) is 1. The minimum atomic E-state index is 0.586. The van der Waals surface area contributed by atoms with Crippen molar-refractivity contribution >= 4 is 0 Å². The third-order valence-electron chi connectivity index (χ3n) is 4.45. The lowest BCUT2D eigenvalue weighted by Gasteiger charge is -2.23. The van der Waals surface area contributed by atoms with Crippen LogP contribution >= 0.6 is 0 Å². The van der Waals surface area contributed by atoms with Crippen molar-refractivity contribution in [3.05, 3.63) is 11.7 Å². The Morgan fingerprint density at radius 1 is 1.21 bits per heavy atom. The van der Waals surface area contributed by atoms with Gasteiger partial charge in [-0.05, 0) is 45.1 Å². The highest BCUT2D eigenvalue weighted by Crippen LogP contribution is 2.38. The molecule has 1 saturated heterocycles. The average molecular weight is 262 g/mol. The standard InChI is InChI=1S/C14H22N4O/c1-2-11(15-7-1)8-18(12-5-6-12)9-13-16-14(17-19-13)10-3-4-10/h10-12,15H,1-9H2. The maximum absolute atomic E-state index is 5.42. The molecule has 1 aromatic rings. The molecule has 3 aliphatic rings. The van der Waals surface area contributed by atoms with Crippen LogP contribution in [0.15, 0.2) is 4.52 Å². The Labute approximate surface area is 113 Å². The van der Waals surface area contributed by atoms with E-state index in [2.05, 4.69) is 20.4 Å². The fraction of sp³-hybridized carbons (Fsp3) is 0.857. The predicted molar refractivity (Wildman–Crippen MR) is 70.7 cm³/mol. The van der Waals surface area contributed by atoms with Gasteiger partial charge in [0, 0.05) is 24.5 Å². The molecule has 1 N–H and O–H groups in total. The van der Waals surface area contributed by atoms with E-state index in [-0.39, 0.29) is 0 Å². The number of hydrogen-bond acceptors (Lipinski definition) is 5. The van der Waals surface area contributed by atoms with E-state index in [0.717, 1.165) is 30.8 Å². The molecule has 0 aromatic carbocycles. The Bertz CT molecular complexity index is 432. The summed E-state index contributed by atoms with van der Waals surface area (Å²) in [6, 6.07) is 1.41. The van der Waals surface area contributed by atoms with Gasteiger partial charge >= 0.3 is 0 Å². The smallest absolute Gasteiger partial charge is 0.240 e. The quantitative estimate of drug-likeness (QED) is 0.845. The van der Waals surface area contributed by atoms with Crippen LogP contribution < -0.4 is 5.32 Å². The summed E-state index contributed by atoms with van der Waals surface area (Å²) in [5, 5.41) is 7.70. The Morgan fingerprint density at radius 2 is 2.11 bits per heavy atom. The molecule has 0 spiro atoms. The SMILES string of the molecule is C1CNC(CN(Cc2nc(C3CC3)no2)C2CC2)C1. The van der Waals surface area contributed by atoms with Crippen LogP contribution in [0, 0.1) is 0 Å². The first kappa shape index (κ1) is 11.9. The zero-order chi connectivity index (χ0) is 12.7. The van der Waals surface area contributed by atoms with E-state index in [1.54, 1.807) is 0 Å². The second kappa shape index (κ2) is 4.87. The van der Waals surface area contributed by atoms with Crippen LogP contribution in [-0.2, 0) is 6.54 Å². The predicted octanol–water partition coefficient (Wildman–Crippen LogP) is 1.66. The third kappa shape index (κ3) is 2.82. The Hall–Kier alpha value is -0.940. The highest BCUT2D eigenvalue weighted by molar-refractivity contribution is 5.03. The van der Waals surface area contributed by atoms with Gasteiger partial charge < -0.3 is 9.84 Å². The first-order chi connectivity index (χ1) is 9.38. The molecule has 0 amide bonds. The molecule has 2 saturated carbocycles. The summed E-state index contributed by atoms with van der Waals surface area (Å²) in [6.07, 6.45) is 7.75. The Kier molecular flexibility index (Phi) is 3.04. The van der Waals surface area contributed by atoms with Gasteiger partial charge in [-0.2, -0.15) is 4.98 Å². The largest absolute Gasteiger partial charge is 0.338 e. The number of aromatic nitrogens is 2. The zero-order valence-electron chi connectivity index (χ0n) is 11.3. The molecule has 0 bridgehead atoms. The number of nitrogens with zero attached hydrogens (tertiary/aromatic N) is 3. The van der Waals surface area contributed by atoms with Gasteiger partial charge in [0.2, 0.25) is 5.89 Å². The molecular formula is C14H22N4O. The van der Waals surface area contributed by atoms with Gasteiger partial charge in [0.1, 0.15) is 0 Å². The molecule has 3 fully saturated rings. The van der Waals surface area contributed by atoms with E-state index in [4.69, 9.17) is 4.52 Å². The van der Waals surface area contributed by atoms with Crippen molar-refractivity contribution in [1.29, 1.82) is 0 Å². The van der Waals surface area contributed by atoms with E-state index < -0.39 is 0 Å². The number of hydrogen-bond donors (Lipinski definition) is 1. The molecule has 1 atom stereocenters. The highest BCUT2D eigenvalue weighted by atomic mass is 16.5. The van der Waals surface area contributed by atoms with Gasteiger partial charge in [0.25, 0.3) is 0 Å². The molecule has 5 heteroatoms. The summed E-state index contributed by atoms with van der Waals surface area (Å²) >= 11 is 0. The molecular weight excluding hydrogens is 240 g/mol. The highest BCUT2D eigenvalue weighted by Gasteiger charge is 2.33. The molecule has 2 aliphatic carbocycles. The van der Waals surface area contributed by atoms with E-state index in [9.17, 15) is 0 Å². The summed E-state index contributed by atoms with van der Waals surface area (Å²) in [6.45, 7) is 3.14. The van der Waals surface area contributed by atoms with Crippen molar-refractivity contribution in [2.45, 2.75) is 63.1 Å². The molecule has 1 aliphatic heterocycles. The third-order valence-corrected chi connectivity index (χ3v) is 4.45. The van der Waals surface area contributed by atoms with E-state index in [1.165, 1.54) is 45.1 Å². The molecule has 5 nitrogen and oxygen atoms in total. The molecule has 1 aromatic heterocycles. The van der Waals surface area contributed by atoms with Crippen molar-refractivity contribution in [2.24, 2.45) is 0 Å². The Balaban J connectivity index is 1.38. The minimum Gasteiger partial charge on any atom is -0.338 e. The topological polar surface area (TPSA) is 54.2 Å². The zero-order valence-corrected chi connectivity index (χ0v) is 11.3. The van der Waals surface area contributed by atoms with Crippen molar-refractivity contribution in [2.75, 3.05) is 13.1 Å². The van der Waals surface area contributed by atoms with Gasteiger partial charge in [-0.1, -0.05) is 5.16 Å². The van der Waals surface area contributed by atoms with Gasteiger partial charge in [0.15, 0.2) is 5.82 Å². The van der Waals surface area contributed by atoms with Crippen LogP contribution in [0.3, 0.4) is 0 Å². The molecule has 2 heterocycles. The van der Waals surface area contributed by atoms with Gasteiger partial charge in [0.05, 0.1) is 6.54 Å².